The molecule has 0 aliphatic carbocycles. The maximum Gasteiger partial charge on any atom is 0 e. The molecule has 1 radical (unpaired) electrons. The minimum absolute atomic E-state index is 0. The third kappa shape index (κ3) is 7.69. The summed E-state index contributed by atoms with van der Waals surface area (Å²) < 4.78 is 3.98. The van der Waals surface area contributed by atoms with Gasteiger partial charge in [0.1, 0.15) is 0 Å². The van der Waals surface area contributed by atoms with Crippen molar-refractivity contribution in [1.29, 1.82) is 0 Å². The van der Waals surface area contributed by atoms with Crippen LogP contribution in [0.2, 0.25) is 17.3 Å². The molecule has 0 N–H and O–H groups in total. The zero-order chi connectivity index (χ0) is 33.1. The van der Waals surface area contributed by atoms with E-state index in [-0.39, 0.29) is 20.1 Å². The third-order valence-corrected chi connectivity index (χ3v) is 14.0. The van der Waals surface area contributed by atoms with Gasteiger partial charge in [-0.1, -0.05) is 84.2 Å². The van der Waals surface area contributed by atoms with Gasteiger partial charge in [-0.2, -0.15) is 11.3 Å². The zero-order valence-corrected chi connectivity index (χ0v) is 33.3. The molecule has 8 rings (SSSR count). The summed E-state index contributed by atoms with van der Waals surface area (Å²) in [4.78, 5) is 9.38. The third-order valence-electron chi connectivity index (χ3n) is 8.61. The Labute approximate surface area is 309 Å². The van der Waals surface area contributed by atoms with Gasteiger partial charge in [0, 0.05) is 36.6 Å². The number of hydrogen-bond acceptors (Lipinski definition) is 3. The minimum Gasteiger partial charge on any atom is 0 e. The molecular weight excluding hydrogens is 853 g/mol. The number of aromatic nitrogens is 2. The smallest absolute Gasteiger partial charge is 0 e. The van der Waals surface area contributed by atoms with Crippen LogP contribution in [0, 0.1) is 19.1 Å². The summed E-state index contributed by atoms with van der Waals surface area (Å²) in [6.45, 7) is 2.16. The van der Waals surface area contributed by atoms with E-state index in [1.165, 1.54) is 52.4 Å². The Kier molecular flexibility index (Phi) is 10.7. The Bertz CT molecular complexity index is 2310. The Morgan fingerprint density at radius 1 is 0.592 bits per heavy atom. The Morgan fingerprint density at radius 3 is 1.96 bits per heavy atom. The SMILES string of the molecule is Cc1cc(-c2[c-]ccc3c2sc2cc(-c4ccccc4)ccc23)ncc1-c1ccccc1.[CH3][Ge]([CH3])([CH3])[c]1ccc(-c2[c-]cccc2)nc1.[Ir]. The van der Waals surface area contributed by atoms with Crippen molar-refractivity contribution in [2.75, 3.05) is 0 Å². The molecule has 0 aliphatic rings. The van der Waals surface area contributed by atoms with Crippen LogP contribution in [0.3, 0.4) is 0 Å². The monoisotopic (exact) mass is 891 g/mol. The maximum absolute atomic E-state index is 4.85. The summed E-state index contributed by atoms with van der Waals surface area (Å²) in [7, 11) is 0. The summed E-state index contributed by atoms with van der Waals surface area (Å²) in [6, 6.07) is 53.1. The van der Waals surface area contributed by atoms with Crippen LogP contribution in [-0.4, -0.2) is 23.2 Å². The van der Waals surface area contributed by atoms with Gasteiger partial charge in [0.2, 0.25) is 0 Å². The van der Waals surface area contributed by atoms with Gasteiger partial charge in [0.05, 0.1) is 0 Å². The molecular formula is C44H36GeIrN2S-2. The predicted molar refractivity (Wildman–Crippen MR) is 208 cm³/mol. The normalized spacial score (nSPS) is 11.1. The van der Waals surface area contributed by atoms with Crippen LogP contribution in [0.5, 0.6) is 0 Å². The summed E-state index contributed by atoms with van der Waals surface area (Å²) >= 11 is 0.111. The number of hydrogen-bond donors (Lipinski definition) is 0. The van der Waals surface area contributed by atoms with Gasteiger partial charge >= 0.3 is 99.8 Å². The van der Waals surface area contributed by atoms with Crippen LogP contribution in [0.15, 0.2) is 146 Å². The second kappa shape index (κ2) is 15.1. The van der Waals surface area contributed by atoms with E-state index in [9.17, 15) is 0 Å². The van der Waals surface area contributed by atoms with Crippen molar-refractivity contribution >= 4 is 49.2 Å². The molecule has 0 saturated heterocycles. The number of thiophene rings is 1. The standard InChI is InChI=1S/C30H20NS.C14H16GeN.Ir/c1-20-17-28(31-19-27(20)22-11-6-3-7-12-22)26-14-8-13-25-24-16-15-23(18-29(24)32-30(25)26)21-9-4-2-5-10-21;1-15(2,3)13-9-10-14(16-11-13)12-7-5-4-6-8-12;/h2-13,15-19H,1H3;4-7,9-11H,1-3H3;/q2*-1;. The van der Waals surface area contributed by atoms with Gasteiger partial charge in [-0.3, -0.25) is 0 Å². The van der Waals surface area contributed by atoms with Gasteiger partial charge in [0.25, 0.3) is 0 Å². The van der Waals surface area contributed by atoms with E-state index in [0.29, 0.717) is 0 Å². The minimum atomic E-state index is -1.72. The number of nitrogens with zero attached hydrogens (tertiary/aromatic N) is 2. The fourth-order valence-corrected chi connectivity index (χ4v) is 9.32. The molecule has 0 bridgehead atoms. The van der Waals surface area contributed by atoms with E-state index < -0.39 is 13.3 Å². The first-order chi connectivity index (χ1) is 23.3. The Morgan fingerprint density at radius 2 is 1.31 bits per heavy atom. The molecule has 3 heterocycles. The first-order valence-electron chi connectivity index (χ1n) is 16.2. The number of fused-ring (bicyclic) bond motifs is 3. The second-order valence-corrected chi connectivity index (χ2v) is 24.7. The summed E-state index contributed by atoms with van der Waals surface area (Å²) in [5, 5.41) is 2.56. The summed E-state index contributed by atoms with van der Waals surface area (Å²) in [5.41, 5.74) is 10.2. The van der Waals surface area contributed by atoms with Crippen molar-refractivity contribution in [3.8, 4) is 44.8 Å². The van der Waals surface area contributed by atoms with Crippen LogP contribution in [0.4, 0.5) is 0 Å². The first kappa shape index (κ1) is 34.7. The molecule has 0 spiro atoms. The van der Waals surface area contributed by atoms with Crippen LogP contribution >= 0.6 is 11.3 Å². The predicted octanol–water partition coefficient (Wildman–Crippen LogP) is 11.7. The quantitative estimate of drug-likeness (QED) is 0.127. The molecule has 0 atom stereocenters. The number of aryl methyl sites for hydroxylation is 1. The molecule has 0 aliphatic heterocycles. The van der Waals surface area contributed by atoms with Gasteiger partial charge < -0.3 is 4.98 Å². The van der Waals surface area contributed by atoms with Crippen LogP contribution in [0.1, 0.15) is 5.56 Å². The van der Waals surface area contributed by atoms with E-state index in [0.717, 1.165) is 22.5 Å². The van der Waals surface area contributed by atoms with Crippen molar-refractivity contribution < 1.29 is 20.1 Å². The van der Waals surface area contributed by atoms with E-state index in [1.807, 2.05) is 60.1 Å². The maximum atomic E-state index is 4.85. The largest absolute Gasteiger partial charge is 0 e. The first-order valence-corrected chi connectivity index (χ1v) is 24.4. The number of benzene rings is 5. The number of pyridine rings is 2. The molecule has 0 amide bonds. The van der Waals surface area contributed by atoms with Crippen LogP contribution in [0.25, 0.3) is 64.9 Å². The molecule has 49 heavy (non-hydrogen) atoms. The molecule has 5 heteroatoms. The zero-order valence-electron chi connectivity index (χ0n) is 28.0. The summed E-state index contributed by atoms with van der Waals surface area (Å²) in [6.07, 6.45) is 4.03. The van der Waals surface area contributed by atoms with Gasteiger partial charge in [-0.15, -0.1) is 23.8 Å². The van der Waals surface area contributed by atoms with Crippen LogP contribution in [-0.2, 0) is 20.1 Å². The average Bonchev–Trinajstić information content (AvgIpc) is 3.51. The van der Waals surface area contributed by atoms with Crippen molar-refractivity contribution in [1.82, 2.24) is 9.97 Å². The van der Waals surface area contributed by atoms with E-state index >= 15 is 0 Å². The van der Waals surface area contributed by atoms with Crippen molar-refractivity contribution in [2.45, 2.75) is 24.2 Å². The Balaban J connectivity index is 0.000000208. The molecule has 243 valence electrons. The molecule has 0 saturated carbocycles. The van der Waals surface area contributed by atoms with E-state index in [2.05, 4.69) is 138 Å². The number of rotatable bonds is 5. The molecule has 3 aromatic heterocycles. The van der Waals surface area contributed by atoms with E-state index in [1.54, 1.807) is 0 Å². The van der Waals surface area contributed by atoms with Gasteiger partial charge in [0.15, 0.2) is 0 Å². The molecule has 5 aromatic carbocycles. The van der Waals surface area contributed by atoms with Crippen molar-refractivity contribution in [2.24, 2.45) is 0 Å². The van der Waals surface area contributed by atoms with Crippen LogP contribution < -0.4 is 4.40 Å². The van der Waals surface area contributed by atoms with Crippen molar-refractivity contribution in [3.05, 3.63) is 164 Å². The Hall–Kier alpha value is -4.19. The fraction of sp³-hybridized carbons (Fsp3) is 0.0909. The topological polar surface area (TPSA) is 25.8 Å². The molecule has 0 fully saturated rings. The average molecular weight is 890 g/mol. The van der Waals surface area contributed by atoms with Crippen molar-refractivity contribution in [3.63, 3.8) is 0 Å². The fourth-order valence-electron chi connectivity index (χ4n) is 5.90. The molecule has 0 unspecified atom stereocenters. The molecule has 8 aromatic rings. The van der Waals surface area contributed by atoms with E-state index in [4.69, 9.17) is 4.98 Å². The van der Waals surface area contributed by atoms with Gasteiger partial charge in [-0.05, 0) is 51.0 Å². The summed E-state index contributed by atoms with van der Waals surface area (Å²) in [5.74, 6) is 7.14. The van der Waals surface area contributed by atoms with Gasteiger partial charge in [-0.25, -0.2) is 0 Å². The second-order valence-electron chi connectivity index (χ2n) is 13.0. The molecule has 2 nitrogen and oxygen atoms in total.